The number of sulfone groups is 1. The molecule has 7 heteroatoms. The molecule has 0 saturated carbocycles. The predicted octanol–water partition coefficient (Wildman–Crippen LogP) is 3.46. The second-order valence-electron chi connectivity index (χ2n) is 6.44. The van der Waals surface area contributed by atoms with Crippen molar-refractivity contribution in [1.82, 2.24) is 9.47 Å². The van der Waals surface area contributed by atoms with Gasteiger partial charge in [-0.15, -0.1) is 0 Å². The van der Waals surface area contributed by atoms with E-state index in [1.165, 1.54) is 24.7 Å². The van der Waals surface area contributed by atoms with Gasteiger partial charge in [0.2, 0.25) is 9.84 Å². The van der Waals surface area contributed by atoms with Gasteiger partial charge in [-0.2, -0.15) is 5.26 Å². The van der Waals surface area contributed by atoms with Crippen molar-refractivity contribution in [3.8, 4) is 6.07 Å². The molecule has 6 nitrogen and oxygen atoms in total. The van der Waals surface area contributed by atoms with Crippen molar-refractivity contribution < 1.29 is 8.42 Å². The molecule has 0 spiro atoms. The van der Waals surface area contributed by atoms with Crippen molar-refractivity contribution in [2.75, 3.05) is 14.1 Å². The Morgan fingerprint density at radius 2 is 1.68 bits per heavy atom. The van der Waals surface area contributed by atoms with E-state index in [0.717, 1.165) is 5.56 Å². The van der Waals surface area contributed by atoms with Crippen LogP contribution in [-0.4, -0.2) is 38.3 Å². The molecule has 3 rings (SSSR count). The van der Waals surface area contributed by atoms with Crippen molar-refractivity contribution in [2.45, 2.75) is 16.3 Å². The summed E-state index contributed by atoms with van der Waals surface area (Å²) in [6, 6.07) is 19.8. The number of benzene rings is 2. The highest BCUT2D eigenvalue weighted by Crippen LogP contribution is 2.34. The van der Waals surface area contributed by atoms with E-state index >= 15 is 0 Å². The van der Waals surface area contributed by atoms with E-state index in [2.05, 4.69) is 11.1 Å². The van der Waals surface area contributed by atoms with Crippen LogP contribution in [0.25, 0.3) is 0 Å². The molecular formula is C21H20N4O2S. The number of aliphatic imine (C=N–C) groups is 1. The Morgan fingerprint density at radius 1 is 1.07 bits per heavy atom. The summed E-state index contributed by atoms with van der Waals surface area (Å²) < 4.78 is 28.1. The standard InChI is InChI=1S/C21H20N4O2S/c1-24(2)16-23-21-19(13-22)25(14-17-9-5-3-6-10-17)15-20(21)28(26,27)18-11-7-4-8-12-18/h3-12,15-16H,14H2,1-2H3. The van der Waals surface area contributed by atoms with E-state index < -0.39 is 9.84 Å². The zero-order valence-corrected chi connectivity index (χ0v) is 16.5. The van der Waals surface area contributed by atoms with Crippen LogP contribution in [-0.2, 0) is 16.4 Å². The Kier molecular flexibility index (Phi) is 5.62. The monoisotopic (exact) mass is 392 g/mol. The van der Waals surface area contributed by atoms with E-state index in [9.17, 15) is 13.7 Å². The number of rotatable bonds is 6. The Bertz CT molecular complexity index is 1130. The summed E-state index contributed by atoms with van der Waals surface area (Å²) in [6.45, 7) is 0.374. The van der Waals surface area contributed by atoms with Crippen LogP contribution in [0.1, 0.15) is 11.3 Å². The van der Waals surface area contributed by atoms with Gasteiger partial charge in [0, 0.05) is 26.8 Å². The topological polar surface area (TPSA) is 78.5 Å². The summed E-state index contributed by atoms with van der Waals surface area (Å²) >= 11 is 0. The lowest BCUT2D eigenvalue weighted by molar-refractivity contribution is 0.596. The second kappa shape index (κ2) is 8.11. The highest BCUT2D eigenvalue weighted by Gasteiger charge is 2.27. The van der Waals surface area contributed by atoms with Crippen molar-refractivity contribution in [2.24, 2.45) is 4.99 Å². The molecule has 0 aliphatic rings. The average Bonchev–Trinajstić information content (AvgIpc) is 3.05. The lowest BCUT2D eigenvalue weighted by Crippen LogP contribution is -2.07. The van der Waals surface area contributed by atoms with Gasteiger partial charge >= 0.3 is 0 Å². The van der Waals surface area contributed by atoms with Gasteiger partial charge in [0.15, 0.2) is 0 Å². The summed E-state index contributed by atoms with van der Waals surface area (Å²) in [5, 5.41) is 9.74. The van der Waals surface area contributed by atoms with E-state index in [-0.39, 0.29) is 21.2 Å². The van der Waals surface area contributed by atoms with Gasteiger partial charge in [-0.25, -0.2) is 13.4 Å². The minimum absolute atomic E-state index is 0.0179. The fourth-order valence-corrected chi connectivity index (χ4v) is 4.20. The molecule has 0 N–H and O–H groups in total. The first kappa shape index (κ1) is 19.4. The van der Waals surface area contributed by atoms with Gasteiger partial charge in [0.05, 0.1) is 11.2 Å². The molecule has 0 fully saturated rings. The SMILES string of the molecule is CN(C)C=Nc1c(S(=O)(=O)c2ccccc2)cn(Cc2ccccc2)c1C#N. The lowest BCUT2D eigenvalue weighted by Gasteiger charge is -2.05. The molecule has 1 aromatic heterocycles. The first-order chi connectivity index (χ1) is 13.4. The summed E-state index contributed by atoms with van der Waals surface area (Å²) in [4.78, 5) is 6.18. The molecule has 0 amide bonds. The molecule has 0 radical (unpaired) electrons. The Morgan fingerprint density at radius 3 is 2.25 bits per heavy atom. The third-order valence-electron chi connectivity index (χ3n) is 4.08. The van der Waals surface area contributed by atoms with E-state index in [0.29, 0.717) is 6.54 Å². The summed E-state index contributed by atoms with van der Waals surface area (Å²) in [5.74, 6) is 0. The van der Waals surface area contributed by atoms with Gasteiger partial charge in [0.25, 0.3) is 0 Å². The largest absolute Gasteiger partial charge is 0.369 e. The molecule has 3 aromatic rings. The molecule has 0 bridgehead atoms. The smallest absolute Gasteiger partial charge is 0.210 e. The predicted molar refractivity (Wildman–Crippen MR) is 108 cm³/mol. The summed E-state index contributed by atoms with van der Waals surface area (Å²) in [7, 11) is -0.266. The number of hydrogen-bond acceptors (Lipinski definition) is 4. The normalized spacial score (nSPS) is 11.5. The number of aromatic nitrogens is 1. The first-order valence-electron chi connectivity index (χ1n) is 8.61. The van der Waals surface area contributed by atoms with Crippen molar-refractivity contribution in [3.63, 3.8) is 0 Å². The van der Waals surface area contributed by atoms with Crippen LogP contribution < -0.4 is 0 Å². The van der Waals surface area contributed by atoms with E-state index in [1.54, 1.807) is 41.8 Å². The second-order valence-corrected chi connectivity index (χ2v) is 8.36. The molecule has 1 heterocycles. The lowest BCUT2D eigenvalue weighted by atomic mass is 10.2. The molecule has 0 saturated heterocycles. The molecule has 0 aliphatic carbocycles. The first-order valence-corrected chi connectivity index (χ1v) is 10.1. The van der Waals surface area contributed by atoms with Crippen LogP contribution >= 0.6 is 0 Å². The fraction of sp³-hybridized carbons (Fsp3) is 0.143. The van der Waals surface area contributed by atoms with Crippen molar-refractivity contribution in [1.29, 1.82) is 5.26 Å². The van der Waals surface area contributed by atoms with E-state index in [1.807, 2.05) is 30.3 Å². The van der Waals surface area contributed by atoms with Gasteiger partial charge in [0.1, 0.15) is 22.3 Å². The van der Waals surface area contributed by atoms with Gasteiger partial charge in [-0.3, -0.25) is 0 Å². The molecule has 0 atom stereocenters. The number of nitriles is 1. The maximum absolute atomic E-state index is 13.2. The quantitative estimate of drug-likeness (QED) is 0.475. The van der Waals surface area contributed by atoms with Crippen molar-refractivity contribution >= 4 is 21.9 Å². The zero-order valence-electron chi connectivity index (χ0n) is 15.6. The molecule has 142 valence electrons. The summed E-state index contributed by atoms with van der Waals surface area (Å²) in [6.07, 6.45) is 2.99. The third kappa shape index (κ3) is 3.97. The highest BCUT2D eigenvalue weighted by atomic mass is 32.2. The molecule has 0 aliphatic heterocycles. The minimum Gasteiger partial charge on any atom is -0.369 e. The Balaban J connectivity index is 2.19. The maximum atomic E-state index is 13.2. The molecule has 28 heavy (non-hydrogen) atoms. The van der Waals surface area contributed by atoms with E-state index in [4.69, 9.17) is 0 Å². The van der Waals surface area contributed by atoms with Crippen LogP contribution in [0.15, 0.2) is 81.6 Å². The van der Waals surface area contributed by atoms with Crippen LogP contribution in [0.2, 0.25) is 0 Å². The minimum atomic E-state index is -3.83. The van der Waals surface area contributed by atoms with Crippen LogP contribution in [0.4, 0.5) is 5.69 Å². The average molecular weight is 392 g/mol. The third-order valence-corrected chi connectivity index (χ3v) is 5.85. The van der Waals surface area contributed by atoms with Gasteiger partial charge in [-0.1, -0.05) is 48.5 Å². The molecule has 0 unspecified atom stereocenters. The molecular weight excluding hydrogens is 372 g/mol. The molecule has 2 aromatic carbocycles. The van der Waals surface area contributed by atoms with Crippen molar-refractivity contribution in [3.05, 3.63) is 78.1 Å². The summed E-state index contributed by atoms with van der Waals surface area (Å²) in [5.41, 5.74) is 1.31. The fourth-order valence-electron chi connectivity index (χ4n) is 2.76. The van der Waals surface area contributed by atoms with Crippen LogP contribution in [0.3, 0.4) is 0 Å². The van der Waals surface area contributed by atoms with Gasteiger partial charge < -0.3 is 9.47 Å². The number of nitrogens with zero attached hydrogens (tertiary/aromatic N) is 4. The maximum Gasteiger partial charge on any atom is 0.210 e. The zero-order chi connectivity index (χ0) is 20.1. The highest BCUT2D eigenvalue weighted by molar-refractivity contribution is 7.91. The van der Waals surface area contributed by atoms with Crippen LogP contribution in [0, 0.1) is 11.3 Å². The van der Waals surface area contributed by atoms with Gasteiger partial charge in [-0.05, 0) is 17.7 Å². The Hall–Kier alpha value is -3.37. The Labute approximate surface area is 164 Å². The van der Waals surface area contributed by atoms with Crippen LogP contribution in [0.5, 0.6) is 0 Å². The number of hydrogen-bond donors (Lipinski definition) is 0.